The number of amides is 3. The predicted molar refractivity (Wildman–Crippen MR) is 99.3 cm³/mol. The molecule has 0 aromatic heterocycles. The number of ether oxygens (including phenoxy) is 1. The van der Waals surface area contributed by atoms with E-state index in [1.807, 2.05) is 6.92 Å². The molecule has 2 rings (SSSR count). The van der Waals surface area contributed by atoms with E-state index in [1.165, 1.54) is 19.1 Å². The van der Waals surface area contributed by atoms with Crippen molar-refractivity contribution in [1.82, 2.24) is 0 Å². The molecule has 0 heterocycles. The number of anilines is 2. The SMILES string of the molecule is Cc1ccc(Cl)cc1NC(=O)[C@@H](C)OC(=O)c1cccc(NC(N)=O)c1. The third-order valence-corrected chi connectivity index (χ3v) is 3.71. The van der Waals surface area contributed by atoms with E-state index in [0.717, 1.165) is 5.56 Å². The first-order valence-corrected chi connectivity index (χ1v) is 8.08. The van der Waals surface area contributed by atoms with Gasteiger partial charge in [0.25, 0.3) is 5.91 Å². The molecular weight excluding hydrogens is 358 g/mol. The number of carbonyl (C=O) groups is 3. The lowest BCUT2D eigenvalue weighted by molar-refractivity contribution is -0.123. The normalized spacial score (nSPS) is 11.3. The number of primary amides is 1. The number of urea groups is 1. The fourth-order valence-electron chi connectivity index (χ4n) is 2.11. The van der Waals surface area contributed by atoms with Crippen LogP contribution in [0.15, 0.2) is 42.5 Å². The standard InChI is InChI=1S/C18H18ClN3O4/c1-10-6-7-13(19)9-15(10)22-16(23)11(2)26-17(24)12-4-3-5-14(8-12)21-18(20)25/h3-9,11H,1-2H3,(H,22,23)(H3,20,21,25)/t11-/m1/s1. The largest absolute Gasteiger partial charge is 0.449 e. The molecule has 0 unspecified atom stereocenters. The summed E-state index contributed by atoms with van der Waals surface area (Å²) in [5, 5.41) is 5.51. The first-order valence-electron chi connectivity index (χ1n) is 7.71. The summed E-state index contributed by atoms with van der Waals surface area (Å²) in [7, 11) is 0. The molecule has 1 atom stereocenters. The van der Waals surface area contributed by atoms with Crippen molar-refractivity contribution in [2.75, 3.05) is 10.6 Å². The van der Waals surface area contributed by atoms with Gasteiger partial charge in [-0.2, -0.15) is 0 Å². The molecule has 136 valence electrons. The van der Waals surface area contributed by atoms with Crippen molar-refractivity contribution in [1.29, 1.82) is 0 Å². The highest BCUT2D eigenvalue weighted by molar-refractivity contribution is 6.31. The molecule has 3 amide bonds. The predicted octanol–water partition coefficient (Wildman–Crippen LogP) is 3.32. The Morgan fingerprint density at radius 3 is 2.54 bits per heavy atom. The van der Waals surface area contributed by atoms with E-state index < -0.39 is 24.0 Å². The minimum Gasteiger partial charge on any atom is -0.449 e. The van der Waals surface area contributed by atoms with E-state index in [1.54, 1.807) is 30.3 Å². The van der Waals surface area contributed by atoms with E-state index in [2.05, 4.69) is 10.6 Å². The van der Waals surface area contributed by atoms with Crippen molar-refractivity contribution in [3.63, 3.8) is 0 Å². The maximum absolute atomic E-state index is 12.3. The van der Waals surface area contributed by atoms with Crippen molar-refractivity contribution in [2.45, 2.75) is 20.0 Å². The first-order chi connectivity index (χ1) is 12.3. The summed E-state index contributed by atoms with van der Waals surface area (Å²) in [6.45, 7) is 3.28. The average Bonchev–Trinajstić information content (AvgIpc) is 2.57. The van der Waals surface area contributed by atoms with Crippen LogP contribution >= 0.6 is 11.6 Å². The van der Waals surface area contributed by atoms with Gasteiger partial charge in [-0.15, -0.1) is 0 Å². The van der Waals surface area contributed by atoms with Crippen LogP contribution in [-0.4, -0.2) is 24.0 Å². The number of esters is 1. The van der Waals surface area contributed by atoms with Crippen LogP contribution in [0.4, 0.5) is 16.2 Å². The molecule has 8 heteroatoms. The van der Waals surface area contributed by atoms with Gasteiger partial charge in [-0.25, -0.2) is 9.59 Å². The number of hydrogen-bond donors (Lipinski definition) is 3. The summed E-state index contributed by atoms with van der Waals surface area (Å²) in [5.41, 5.74) is 6.93. The molecule has 0 bridgehead atoms. The molecule has 4 N–H and O–H groups in total. The topological polar surface area (TPSA) is 111 Å². The summed E-state index contributed by atoms with van der Waals surface area (Å²) < 4.78 is 5.17. The smallest absolute Gasteiger partial charge is 0.338 e. The van der Waals surface area contributed by atoms with Crippen LogP contribution in [0.5, 0.6) is 0 Å². The third-order valence-electron chi connectivity index (χ3n) is 3.48. The summed E-state index contributed by atoms with van der Waals surface area (Å²) >= 11 is 5.92. The second-order valence-electron chi connectivity index (χ2n) is 5.57. The molecule has 2 aromatic rings. The van der Waals surface area contributed by atoms with Crippen molar-refractivity contribution in [2.24, 2.45) is 5.73 Å². The summed E-state index contributed by atoms with van der Waals surface area (Å²) in [6.07, 6.45) is -1.03. The van der Waals surface area contributed by atoms with Gasteiger partial charge < -0.3 is 21.1 Å². The van der Waals surface area contributed by atoms with E-state index in [4.69, 9.17) is 22.1 Å². The number of nitrogens with two attached hydrogens (primary N) is 1. The highest BCUT2D eigenvalue weighted by atomic mass is 35.5. The monoisotopic (exact) mass is 375 g/mol. The van der Waals surface area contributed by atoms with E-state index in [9.17, 15) is 14.4 Å². The Morgan fingerprint density at radius 2 is 1.85 bits per heavy atom. The Kier molecular flexibility index (Phi) is 6.19. The van der Waals surface area contributed by atoms with Gasteiger partial charge in [-0.05, 0) is 49.7 Å². The minimum absolute atomic E-state index is 0.176. The van der Waals surface area contributed by atoms with E-state index >= 15 is 0 Å². The van der Waals surface area contributed by atoms with Crippen LogP contribution in [0.3, 0.4) is 0 Å². The number of rotatable bonds is 5. The van der Waals surface area contributed by atoms with Crippen molar-refractivity contribution < 1.29 is 19.1 Å². The summed E-state index contributed by atoms with van der Waals surface area (Å²) in [6, 6.07) is 10.4. The molecule has 0 saturated carbocycles. The molecule has 0 aliphatic rings. The molecule has 0 aliphatic carbocycles. The Labute approximate surface area is 155 Å². The highest BCUT2D eigenvalue weighted by Gasteiger charge is 2.20. The number of hydrogen-bond acceptors (Lipinski definition) is 4. The minimum atomic E-state index is -1.03. The zero-order valence-electron chi connectivity index (χ0n) is 14.2. The van der Waals surface area contributed by atoms with Gasteiger partial charge in [0.05, 0.1) is 5.56 Å². The Morgan fingerprint density at radius 1 is 1.12 bits per heavy atom. The molecule has 0 fully saturated rings. The average molecular weight is 376 g/mol. The van der Waals surface area contributed by atoms with Crippen LogP contribution in [0.2, 0.25) is 5.02 Å². The molecule has 26 heavy (non-hydrogen) atoms. The van der Waals surface area contributed by atoms with Gasteiger partial charge in [0.1, 0.15) is 0 Å². The van der Waals surface area contributed by atoms with Crippen LogP contribution in [0.1, 0.15) is 22.8 Å². The Balaban J connectivity index is 2.03. The maximum atomic E-state index is 12.3. The van der Waals surface area contributed by atoms with Crippen molar-refractivity contribution in [3.8, 4) is 0 Å². The molecule has 7 nitrogen and oxygen atoms in total. The van der Waals surface area contributed by atoms with Crippen LogP contribution in [0.25, 0.3) is 0 Å². The van der Waals surface area contributed by atoms with Crippen LogP contribution in [0, 0.1) is 6.92 Å². The lowest BCUT2D eigenvalue weighted by Gasteiger charge is -2.15. The number of carbonyl (C=O) groups excluding carboxylic acids is 3. The van der Waals surface area contributed by atoms with E-state index in [-0.39, 0.29) is 5.56 Å². The van der Waals surface area contributed by atoms with Crippen LogP contribution in [-0.2, 0) is 9.53 Å². The zero-order chi connectivity index (χ0) is 19.3. The molecule has 2 aromatic carbocycles. The zero-order valence-corrected chi connectivity index (χ0v) is 15.0. The van der Waals surface area contributed by atoms with Crippen LogP contribution < -0.4 is 16.4 Å². The summed E-state index contributed by atoms with van der Waals surface area (Å²) in [4.78, 5) is 35.3. The Bertz CT molecular complexity index is 854. The molecule has 0 spiro atoms. The lowest BCUT2D eigenvalue weighted by atomic mass is 10.2. The lowest BCUT2D eigenvalue weighted by Crippen LogP contribution is -2.30. The quantitative estimate of drug-likeness (QED) is 0.696. The number of nitrogens with one attached hydrogen (secondary N) is 2. The molecule has 0 saturated heterocycles. The summed E-state index contributed by atoms with van der Waals surface area (Å²) in [5.74, 6) is -1.20. The second-order valence-corrected chi connectivity index (χ2v) is 6.00. The fourth-order valence-corrected chi connectivity index (χ4v) is 2.28. The first kappa shape index (κ1) is 19.3. The Hall–Kier alpha value is -3.06. The van der Waals surface area contributed by atoms with Gasteiger partial charge in [0.2, 0.25) is 0 Å². The van der Waals surface area contributed by atoms with Gasteiger partial charge in [-0.3, -0.25) is 4.79 Å². The molecule has 0 aliphatic heterocycles. The van der Waals surface area contributed by atoms with Gasteiger partial charge >= 0.3 is 12.0 Å². The fraction of sp³-hybridized carbons (Fsp3) is 0.167. The third kappa shape index (κ3) is 5.22. The van der Waals surface area contributed by atoms with Gasteiger partial charge in [-0.1, -0.05) is 23.7 Å². The second kappa shape index (κ2) is 8.35. The van der Waals surface area contributed by atoms with Crippen molar-refractivity contribution in [3.05, 3.63) is 58.6 Å². The highest BCUT2D eigenvalue weighted by Crippen LogP contribution is 2.20. The van der Waals surface area contributed by atoms with Gasteiger partial charge in [0.15, 0.2) is 6.10 Å². The molecular formula is C18H18ClN3O4. The molecule has 0 radical (unpaired) electrons. The van der Waals surface area contributed by atoms with Gasteiger partial charge in [0, 0.05) is 16.4 Å². The van der Waals surface area contributed by atoms with E-state index in [0.29, 0.717) is 16.4 Å². The van der Waals surface area contributed by atoms with Crippen molar-refractivity contribution >= 4 is 40.9 Å². The number of benzene rings is 2. The maximum Gasteiger partial charge on any atom is 0.338 e. The number of halogens is 1. The number of aryl methyl sites for hydroxylation is 1.